The highest BCUT2D eigenvalue weighted by molar-refractivity contribution is 9.09. The molecule has 0 aliphatic heterocycles. The summed E-state index contributed by atoms with van der Waals surface area (Å²) < 4.78 is 5.47. The second kappa shape index (κ2) is 14.3. The molecule has 1 aromatic rings. The first kappa shape index (κ1) is 23.2. The summed E-state index contributed by atoms with van der Waals surface area (Å²) in [5, 5.41) is 1.12. The van der Waals surface area contributed by atoms with Gasteiger partial charge in [0.25, 0.3) is 0 Å². The molecule has 0 radical (unpaired) electrons. The molecule has 0 saturated carbocycles. The number of alkyl halides is 1. The maximum absolute atomic E-state index is 12.2. The SMILES string of the molecule is CC(C)Cc1ccc(C(C)C(=O)OCCCCCCCCCCBr)cc1. The van der Waals surface area contributed by atoms with E-state index in [1.165, 1.54) is 44.1 Å². The Kier molecular flexibility index (Phi) is 12.7. The molecule has 26 heavy (non-hydrogen) atoms. The van der Waals surface area contributed by atoms with Crippen LogP contribution in [0.4, 0.5) is 0 Å². The van der Waals surface area contributed by atoms with Crippen molar-refractivity contribution in [2.45, 2.75) is 84.5 Å². The number of carbonyl (C=O) groups is 1. The highest BCUT2D eigenvalue weighted by atomic mass is 79.9. The molecule has 1 aromatic carbocycles. The van der Waals surface area contributed by atoms with E-state index in [2.05, 4.69) is 54.0 Å². The van der Waals surface area contributed by atoms with Crippen molar-refractivity contribution in [3.8, 4) is 0 Å². The van der Waals surface area contributed by atoms with Crippen molar-refractivity contribution in [2.75, 3.05) is 11.9 Å². The summed E-state index contributed by atoms with van der Waals surface area (Å²) in [5.41, 5.74) is 2.38. The van der Waals surface area contributed by atoms with Crippen molar-refractivity contribution in [3.05, 3.63) is 35.4 Å². The van der Waals surface area contributed by atoms with Crippen LogP contribution in [0.3, 0.4) is 0 Å². The number of benzene rings is 1. The molecular weight excluding hydrogens is 388 g/mol. The van der Waals surface area contributed by atoms with E-state index in [-0.39, 0.29) is 11.9 Å². The minimum absolute atomic E-state index is 0.101. The molecule has 2 nitrogen and oxygen atoms in total. The van der Waals surface area contributed by atoms with E-state index < -0.39 is 0 Å². The standard InChI is InChI=1S/C23H37BrO2/c1-19(2)18-21-12-14-22(15-13-21)20(3)23(25)26-17-11-9-7-5-4-6-8-10-16-24/h12-15,19-20H,4-11,16-18H2,1-3H3. The first-order valence-electron chi connectivity index (χ1n) is 10.4. The zero-order valence-corrected chi connectivity index (χ0v) is 18.5. The normalized spacial score (nSPS) is 12.3. The zero-order valence-electron chi connectivity index (χ0n) is 16.9. The maximum Gasteiger partial charge on any atom is 0.313 e. The third-order valence-electron chi connectivity index (χ3n) is 4.75. The fourth-order valence-electron chi connectivity index (χ4n) is 3.10. The molecule has 1 atom stereocenters. The van der Waals surface area contributed by atoms with Gasteiger partial charge < -0.3 is 4.74 Å². The van der Waals surface area contributed by atoms with E-state index in [4.69, 9.17) is 4.74 Å². The Morgan fingerprint density at radius 2 is 1.42 bits per heavy atom. The molecule has 0 spiro atoms. The van der Waals surface area contributed by atoms with Gasteiger partial charge in [-0.2, -0.15) is 0 Å². The third-order valence-corrected chi connectivity index (χ3v) is 5.31. The van der Waals surface area contributed by atoms with Crippen LogP contribution in [-0.4, -0.2) is 17.9 Å². The van der Waals surface area contributed by atoms with Crippen LogP contribution < -0.4 is 0 Å². The fraction of sp³-hybridized carbons (Fsp3) is 0.696. The molecule has 0 N–H and O–H groups in total. The molecule has 0 heterocycles. The van der Waals surface area contributed by atoms with Gasteiger partial charge in [0.1, 0.15) is 0 Å². The van der Waals surface area contributed by atoms with Gasteiger partial charge in [0.05, 0.1) is 12.5 Å². The predicted octanol–water partition coefficient (Wildman–Crippen LogP) is 7.05. The quantitative estimate of drug-likeness (QED) is 0.181. The molecule has 148 valence electrons. The molecule has 0 aromatic heterocycles. The summed E-state index contributed by atoms with van der Waals surface area (Å²) in [7, 11) is 0. The van der Waals surface area contributed by atoms with Crippen LogP contribution in [0.5, 0.6) is 0 Å². The molecule has 3 heteroatoms. The van der Waals surface area contributed by atoms with Crippen molar-refractivity contribution >= 4 is 21.9 Å². The number of unbranched alkanes of at least 4 members (excludes halogenated alkanes) is 7. The lowest BCUT2D eigenvalue weighted by molar-refractivity contribution is -0.145. The van der Waals surface area contributed by atoms with Crippen LogP contribution in [0.25, 0.3) is 0 Å². The average molecular weight is 425 g/mol. The van der Waals surface area contributed by atoms with E-state index >= 15 is 0 Å². The van der Waals surface area contributed by atoms with E-state index in [9.17, 15) is 4.79 Å². The van der Waals surface area contributed by atoms with Gasteiger partial charge in [-0.1, -0.05) is 92.6 Å². The predicted molar refractivity (Wildman–Crippen MR) is 115 cm³/mol. The summed E-state index contributed by atoms with van der Waals surface area (Å²) in [4.78, 5) is 12.2. The number of hydrogen-bond donors (Lipinski definition) is 0. The molecule has 1 unspecified atom stereocenters. The number of carbonyl (C=O) groups excluding carboxylic acids is 1. The molecule has 0 amide bonds. The molecule has 0 saturated heterocycles. The molecule has 0 fully saturated rings. The van der Waals surface area contributed by atoms with Gasteiger partial charge in [0, 0.05) is 5.33 Å². The minimum atomic E-state index is -0.183. The molecule has 0 aliphatic rings. The Bertz CT molecular complexity index is 481. The zero-order chi connectivity index (χ0) is 19.2. The first-order chi connectivity index (χ1) is 12.5. The van der Waals surface area contributed by atoms with Gasteiger partial charge in [-0.3, -0.25) is 4.79 Å². The lowest BCUT2D eigenvalue weighted by Gasteiger charge is -2.13. The van der Waals surface area contributed by atoms with Crippen LogP contribution in [0, 0.1) is 5.92 Å². The van der Waals surface area contributed by atoms with Gasteiger partial charge in [0.15, 0.2) is 0 Å². The molecular formula is C23H37BrO2. The highest BCUT2D eigenvalue weighted by Gasteiger charge is 2.16. The Labute approximate surface area is 169 Å². The number of esters is 1. The van der Waals surface area contributed by atoms with Crippen molar-refractivity contribution in [1.82, 2.24) is 0 Å². The maximum atomic E-state index is 12.2. The van der Waals surface area contributed by atoms with Crippen molar-refractivity contribution in [3.63, 3.8) is 0 Å². The largest absolute Gasteiger partial charge is 0.465 e. The van der Waals surface area contributed by atoms with Crippen LogP contribution >= 0.6 is 15.9 Å². The second-order valence-electron chi connectivity index (χ2n) is 7.75. The highest BCUT2D eigenvalue weighted by Crippen LogP contribution is 2.19. The van der Waals surface area contributed by atoms with Gasteiger partial charge in [0.2, 0.25) is 0 Å². The van der Waals surface area contributed by atoms with Gasteiger partial charge in [-0.25, -0.2) is 0 Å². The van der Waals surface area contributed by atoms with Gasteiger partial charge in [-0.05, 0) is 43.2 Å². The summed E-state index contributed by atoms with van der Waals surface area (Å²) in [6.07, 6.45) is 11.1. The number of hydrogen-bond acceptors (Lipinski definition) is 2. The van der Waals surface area contributed by atoms with E-state index in [1.807, 2.05) is 6.92 Å². The molecule has 1 rings (SSSR count). The summed E-state index contributed by atoms with van der Waals surface area (Å²) >= 11 is 3.47. The smallest absolute Gasteiger partial charge is 0.313 e. The Hall–Kier alpha value is -0.830. The number of ether oxygens (including phenoxy) is 1. The Morgan fingerprint density at radius 1 is 0.885 bits per heavy atom. The van der Waals surface area contributed by atoms with E-state index in [0.717, 1.165) is 30.2 Å². The average Bonchev–Trinajstić information content (AvgIpc) is 2.62. The summed E-state index contributed by atoms with van der Waals surface area (Å²) in [6.45, 7) is 6.93. The van der Waals surface area contributed by atoms with Crippen LogP contribution in [0.15, 0.2) is 24.3 Å². The second-order valence-corrected chi connectivity index (χ2v) is 8.54. The minimum Gasteiger partial charge on any atom is -0.465 e. The van der Waals surface area contributed by atoms with Crippen molar-refractivity contribution < 1.29 is 9.53 Å². The number of rotatable bonds is 14. The monoisotopic (exact) mass is 424 g/mol. The summed E-state index contributed by atoms with van der Waals surface area (Å²) in [6, 6.07) is 8.41. The molecule has 0 bridgehead atoms. The fourth-order valence-corrected chi connectivity index (χ4v) is 3.50. The van der Waals surface area contributed by atoms with Crippen molar-refractivity contribution in [1.29, 1.82) is 0 Å². The van der Waals surface area contributed by atoms with Gasteiger partial charge in [-0.15, -0.1) is 0 Å². The lowest BCUT2D eigenvalue weighted by Crippen LogP contribution is -2.14. The van der Waals surface area contributed by atoms with E-state index in [0.29, 0.717) is 12.5 Å². The van der Waals surface area contributed by atoms with Crippen LogP contribution in [0.2, 0.25) is 0 Å². The third kappa shape index (κ3) is 10.4. The Balaban J connectivity index is 2.14. The first-order valence-corrected chi connectivity index (χ1v) is 11.5. The van der Waals surface area contributed by atoms with Crippen LogP contribution in [-0.2, 0) is 16.0 Å². The summed E-state index contributed by atoms with van der Waals surface area (Å²) in [5.74, 6) is 0.367. The van der Waals surface area contributed by atoms with Crippen molar-refractivity contribution in [2.24, 2.45) is 5.92 Å². The lowest BCUT2D eigenvalue weighted by atomic mass is 9.97. The number of halogens is 1. The Morgan fingerprint density at radius 3 is 1.96 bits per heavy atom. The topological polar surface area (TPSA) is 26.3 Å². The van der Waals surface area contributed by atoms with E-state index in [1.54, 1.807) is 0 Å². The molecule has 0 aliphatic carbocycles. The van der Waals surface area contributed by atoms with Crippen LogP contribution in [0.1, 0.15) is 89.2 Å². The van der Waals surface area contributed by atoms with Gasteiger partial charge >= 0.3 is 5.97 Å².